The molecule has 0 saturated carbocycles. The van der Waals surface area contributed by atoms with Gasteiger partial charge >= 0.3 is 0 Å². The monoisotopic (exact) mass is 297 g/mol. The molecule has 2 heteroatoms. The summed E-state index contributed by atoms with van der Waals surface area (Å²) >= 11 is 0. The molecular weight excluding hydrogens is 270 g/mol. The summed E-state index contributed by atoms with van der Waals surface area (Å²) in [6.07, 6.45) is 4.67. The second-order valence-corrected chi connectivity index (χ2v) is 6.13. The van der Waals surface area contributed by atoms with Crippen molar-refractivity contribution in [2.75, 3.05) is 0 Å². The van der Waals surface area contributed by atoms with Crippen LogP contribution in [-0.2, 0) is 0 Å². The van der Waals surface area contributed by atoms with E-state index < -0.39 is 0 Å². The molecule has 2 rings (SSSR count). The third kappa shape index (κ3) is 3.88. The highest BCUT2D eigenvalue weighted by Crippen LogP contribution is 2.21. The van der Waals surface area contributed by atoms with Crippen LogP contribution in [0.25, 0.3) is 10.8 Å². The molecule has 1 N–H and O–H groups in total. The van der Waals surface area contributed by atoms with Crippen LogP contribution in [0.15, 0.2) is 42.5 Å². The maximum absolute atomic E-state index is 12.7. The molecular formula is C20H27NO. The van der Waals surface area contributed by atoms with Crippen LogP contribution in [0.3, 0.4) is 0 Å². The highest BCUT2D eigenvalue weighted by Gasteiger charge is 2.19. The van der Waals surface area contributed by atoms with Gasteiger partial charge in [0.1, 0.15) is 0 Å². The molecule has 0 aromatic heterocycles. The minimum Gasteiger partial charge on any atom is -0.349 e. The van der Waals surface area contributed by atoms with E-state index in [-0.39, 0.29) is 11.9 Å². The van der Waals surface area contributed by atoms with Crippen LogP contribution in [0.1, 0.15) is 56.8 Å². The normalized spacial score (nSPS) is 12.5. The molecule has 0 fully saturated rings. The van der Waals surface area contributed by atoms with Crippen LogP contribution in [0.4, 0.5) is 0 Å². The SMILES string of the molecule is CCCC(CCC)C(C)NC(=O)c1cccc2ccccc12. The van der Waals surface area contributed by atoms with Crippen LogP contribution < -0.4 is 5.32 Å². The Morgan fingerprint density at radius 1 is 1.00 bits per heavy atom. The van der Waals surface area contributed by atoms with Gasteiger partial charge in [-0.3, -0.25) is 4.79 Å². The summed E-state index contributed by atoms with van der Waals surface area (Å²) in [5.41, 5.74) is 0.775. The molecule has 0 radical (unpaired) electrons. The van der Waals surface area contributed by atoms with E-state index in [0.29, 0.717) is 5.92 Å². The third-order valence-electron chi connectivity index (χ3n) is 4.42. The van der Waals surface area contributed by atoms with Crippen LogP contribution in [-0.4, -0.2) is 11.9 Å². The molecule has 0 aliphatic heterocycles. The summed E-state index contributed by atoms with van der Waals surface area (Å²) in [4.78, 5) is 12.7. The fraction of sp³-hybridized carbons (Fsp3) is 0.450. The number of rotatable bonds is 7. The first-order valence-corrected chi connectivity index (χ1v) is 8.46. The number of hydrogen-bond acceptors (Lipinski definition) is 1. The molecule has 2 aromatic carbocycles. The van der Waals surface area contributed by atoms with Crippen molar-refractivity contribution in [1.82, 2.24) is 5.32 Å². The number of carbonyl (C=O) groups is 1. The molecule has 2 aromatic rings. The second kappa shape index (κ2) is 7.98. The first-order valence-electron chi connectivity index (χ1n) is 8.46. The lowest BCUT2D eigenvalue weighted by atomic mass is 9.91. The van der Waals surface area contributed by atoms with E-state index >= 15 is 0 Å². The van der Waals surface area contributed by atoms with Crippen LogP contribution in [0.5, 0.6) is 0 Å². The maximum Gasteiger partial charge on any atom is 0.252 e. The first kappa shape index (κ1) is 16.5. The molecule has 118 valence electrons. The number of amides is 1. The Balaban J connectivity index is 2.16. The minimum atomic E-state index is 0.0431. The van der Waals surface area contributed by atoms with Crippen molar-refractivity contribution in [3.8, 4) is 0 Å². The van der Waals surface area contributed by atoms with Gasteiger partial charge in [0.2, 0.25) is 0 Å². The van der Waals surface area contributed by atoms with Gasteiger partial charge in [-0.15, -0.1) is 0 Å². The Labute approximate surface area is 133 Å². The standard InChI is InChI=1S/C20H27NO/c1-4-9-16(10-5-2)15(3)21-20(22)19-14-8-12-17-11-6-7-13-18(17)19/h6-8,11-16H,4-5,9-10H2,1-3H3,(H,21,22). The quantitative estimate of drug-likeness (QED) is 0.750. The van der Waals surface area contributed by atoms with E-state index in [2.05, 4.69) is 26.1 Å². The lowest BCUT2D eigenvalue weighted by Crippen LogP contribution is -2.38. The highest BCUT2D eigenvalue weighted by atomic mass is 16.1. The summed E-state index contributed by atoms with van der Waals surface area (Å²) in [5, 5.41) is 5.36. The van der Waals surface area contributed by atoms with Crippen molar-refractivity contribution in [2.45, 2.75) is 52.5 Å². The van der Waals surface area contributed by atoms with Gasteiger partial charge in [-0.05, 0) is 42.5 Å². The van der Waals surface area contributed by atoms with E-state index in [9.17, 15) is 4.79 Å². The van der Waals surface area contributed by atoms with E-state index in [0.717, 1.165) is 16.3 Å². The largest absolute Gasteiger partial charge is 0.349 e. The second-order valence-electron chi connectivity index (χ2n) is 6.13. The van der Waals surface area contributed by atoms with Gasteiger partial charge in [0.25, 0.3) is 5.91 Å². The van der Waals surface area contributed by atoms with Crippen molar-refractivity contribution < 1.29 is 4.79 Å². The van der Waals surface area contributed by atoms with E-state index in [4.69, 9.17) is 0 Å². The molecule has 0 bridgehead atoms. The maximum atomic E-state index is 12.7. The third-order valence-corrected chi connectivity index (χ3v) is 4.42. The van der Waals surface area contributed by atoms with Crippen molar-refractivity contribution >= 4 is 16.7 Å². The average molecular weight is 297 g/mol. The number of benzene rings is 2. The summed E-state index contributed by atoms with van der Waals surface area (Å²) in [6, 6.07) is 14.2. The van der Waals surface area contributed by atoms with Gasteiger partial charge in [0.15, 0.2) is 0 Å². The Morgan fingerprint density at radius 3 is 2.32 bits per heavy atom. The zero-order chi connectivity index (χ0) is 15.9. The fourth-order valence-electron chi connectivity index (χ4n) is 3.21. The summed E-state index contributed by atoms with van der Waals surface area (Å²) in [7, 11) is 0. The fourth-order valence-corrected chi connectivity index (χ4v) is 3.21. The highest BCUT2D eigenvalue weighted by molar-refractivity contribution is 6.07. The van der Waals surface area contributed by atoms with Crippen LogP contribution >= 0.6 is 0 Å². The molecule has 22 heavy (non-hydrogen) atoms. The molecule has 0 saturated heterocycles. The zero-order valence-electron chi connectivity index (χ0n) is 13.9. The Morgan fingerprint density at radius 2 is 1.64 bits per heavy atom. The van der Waals surface area contributed by atoms with Gasteiger partial charge in [0.05, 0.1) is 0 Å². The molecule has 1 unspecified atom stereocenters. The van der Waals surface area contributed by atoms with Crippen molar-refractivity contribution in [2.24, 2.45) is 5.92 Å². The topological polar surface area (TPSA) is 29.1 Å². The molecule has 0 aliphatic rings. The van der Waals surface area contributed by atoms with Crippen LogP contribution in [0.2, 0.25) is 0 Å². The van der Waals surface area contributed by atoms with E-state index in [1.165, 1.54) is 25.7 Å². The first-order chi connectivity index (χ1) is 10.7. The number of nitrogens with one attached hydrogen (secondary N) is 1. The molecule has 0 heterocycles. The molecule has 0 spiro atoms. The minimum absolute atomic E-state index is 0.0431. The van der Waals surface area contributed by atoms with Gasteiger partial charge in [0, 0.05) is 11.6 Å². The van der Waals surface area contributed by atoms with Crippen LogP contribution in [0, 0.1) is 5.92 Å². The lowest BCUT2D eigenvalue weighted by molar-refractivity contribution is 0.0925. The zero-order valence-corrected chi connectivity index (χ0v) is 13.9. The average Bonchev–Trinajstić information content (AvgIpc) is 2.54. The molecule has 1 atom stereocenters. The summed E-state index contributed by atoms with van der Waals surface area (Å²) in [5.74, 6) is 0.607. The number of carbonyl (C=O) groups excluding carboxylic acids is 1. The van der Waals surface area contributed by atoms with E-state index in [1.807, 2.05) is 42.5 Å². The molecule has 0 aliphatic carbocycles. The number of hydrogen-bond donors (Lipinski definition) is 1. The lowest BCUT2D eigenvalue weighted by Gasteiger charge is -2.24. The van der Waals surface area contributed by atoms with Crippen molar-refractivity contribution in [3.05, 3.63) is 48.0 Å². The van der Waals surface area contributed by atoms with Gasteiger partial charge in [-0.1, -0.05) is 63.1 Å². The Kier molecular flexibility index (Phi) is 6.00. The number of fused-ring (bicyclic) bond motifs is 1. The van der Waals surface area contributed by atoms with Crippen molar-refractivity contribution in [3.63, 3.8) is 0 Å². The van der Waals surface area contributed by atoms with Gasteiger partial charge in [-0.25, -0.2) is 0 Å². The Hall–Kier alpha value is -1.83. The van der Waals surface area contributed by atoms with E-state index in [1.54, 1.807) is 0 Å². The predicted octanol–water partition coefficient (Wildman–Crippen LogP) is 5.17. The van der Waals surface area contributed by atoms with Crippen molar-refractivity contribution in [1.29, 1.82) is 0 Å². The molecule has 1 amide bonds. The Bertz CT molecular complexity index is 609. The van der Waals surface area contributed by atoms with Gasteiger partial charge in [-0.2, -0.15) is 0 Å². The van der Waals surface area contributed by atoms with Gasteiger partial charge < -0.3 is 5.32 Å². The molecule has 2 nitrogen and oxygen atoms in total. The summed E-state index contributed by atoms with van der Waals surface area (Å²) in [6.45, 7) is 6.56. The smallest absolute Gasteiger partial charge is 0.252 e. The predicted molar refractivity (Wildman–Crippen MR) is 94.2 cm³/mol. The summed E-state index contributed by atoms with van der Waals surface area (Å²) < 4.78 is 0.